The molecule has 0 aliphatic carbocycles. The molecule has 35 heavy (non-hydrogen) atoms. The van der Waals surface area contributed by atoms with Crippen molar-refractivity contribution in [3.8, 4) is 5.75 Å². The Morgan fingerprint density at radius 3 is 2.46 bits per heavy atom. The Kier molecular flexibility index (Phi) is 9.69. The molecule has 1 heterocycles. The number of nitrogens with zero attached hydrogens (tertiary/aromatic N) is 3. The molecule has 186 valence electrons. The first-order valence-electron chi connectivity index (χ1n) is 11.5. The van der Waals surface area contributed by atoms with E-state index < -0.39 is 6.04 Å². The molecule has 0 bridgehead atoms. The minimum Gasteiger partial charge on any atom is -0.593 e. The van der Waals surface area contributed by atoms with Crippen molar-refractivity contribution in [2.24, 2.45) is 7.05 Å². The predicted octanol–water partition coefficient (Wildman–Crippen LogP) is 3.37. The van der Waals surface area contributed by atoms with Crippen molar-refractivity contribution < 1.29 is 19.4 Å². The Labute approximate surface area is 210 Å². The minimum atomic E-state index is -0.823. The number of aryl methyl sites for hydroxylation is 2. The molecule has 9 heteroatoms. The summed E-state index contributed by atoms with van der Waals surface area (Å²) in [5, 5.41) is 15.5. The first-order valence-corrected chi connectivity index (χ1v) is 11.8. The highest BCUT2D eigenvalue weighted by Crippen LogP contribution is 2.23. The van der Waals surface area contributed by atoms with Crippen molar-refractivity contribution in [3.63, 3.8) is 0 Å². The third-order valence-corrected chi connectivity index (χ3v) is 5.88. The summed E-state index contributed by atoms with van der Waals surface area (Å²) >= 11 is 5.97. The van der Waals surface area contributed by atoms with Crippen molar-refractivity contribution in [1.29, 1.82) is 0 Å². The molecule has 3 aromatic rings. The summed E-state index contributed by atoms with van der Waals surface area (Å²) in [4.78, 5) is 28.5. The van der Waals surface area contributed by atoms with Crippen LogP contribution in [0.25, 0.3) is 0 Å². The van der Waals surface area contributed by atoms with Gasteiger partial charge in [-0.3, -0.25) is 14.3 Å². The monoisotopic (exact) mass is 499 g/mol. The van der Waals surface area contributed by atoms with E-state index in [4.69, 9.17) is 21.4 Å². The lowest BCUT2D eigenvalue weighted by Gasteiger charge is -2.31. The maximum Gasteiger partial charge on any atom is 0.253 e. The van der Waals surface area contributed by atoms with Crippen LogP contribution in [0.5, 0.6) is 5.75 Å². The molecule has 3 N–H and O–H groups in total. The molecule has 0 saturated heterocycles. The fraction of sp³-hybridized carbons (Fsp3) is 0.346. The molecule has 0 saturated carbocycles. The van der Waals surface area contributed by atoms with E-state index in [1.165, 1.54) is 0 Å². The minimum absolute atomic E-state index is 0.133. The first-order chi connectivity index (χ1) is 16.9. The lowest BCUT2D eigenvalue weighted by Crippen LogP contribution is -2.44. The summed E-state index contributed by atoms with van der Waals surface area (Å²) in [7, 11) is 3.39. The Morgan fingerprint density at radius 2 is 1.83 bits per heavy atom. The molecule has 1 unspecified atom stereocenters. The van der Waals surface area contributed by atoms with E-state index in [0.29, 0.717) is 48.9 Å². The van der Waals surface area contributed by atoms with Crippen LogP contribution in [0.15, 0.2) is 60.9 Å². The lowest BCUT2D eigenvalue weighted by atomic mass is 10.0. The fourth-order valence-corrected chi connectivity index (χ4v) is 3.91. The molecular weight excluding hydrogens is 468 g/mol. The average Bonchev–Trinajstić information content (AvgIpc) is 3.28. The molecular formula is C26H32ClN4O4+. The molecule has 0 aliphatic heterocycles. The molecule has 1 atom stereocenters. The van der Waals surface area contributed by atoms with Crippen LogP contribution < -0.4 is 5.32 Å². The van der Waals surface area contributed by atoms with Crippen LogP contribution in [-0.2, 0) is 34.3 Å². The van der Waals surface area contributed by atoms with Crippen molar-refractivity contribution >= 4 is 23.4 Å². The van der Waals surface area contributed by atoms with Crippen LogP contribution in [0.1, 0.15) is 35.6 Å². The SMILES string of the molecule is COCCCN(C(=O)CCc1ccc([OH2+])cc1)C(C(=O)NCc1ccc(Cl)cc1)c1cnn(C)c1. The zero-order valence-electron chi connectivity index (χ0n) is 20.0. The summed E-state index contributed by atoms with van der Waals surface area (Å²) in [5.74, 6) is 0.0130. The van der Waals surface area contributed by atoms with Crippen LogP contribution in [-0.4, -0.2) is 51.9 Å². The second-order valence-corrected chi connectivity index (χ2v) is 8.76. The van der Waals surface area contributed by atoms with Gasteiger partial charge in [-0.05, 0) is 48.2 Å². The predicted molar refractivity (Wildman–Crippen MR) is 135 cm³/mol. The van der Waals surface area contributed by atoms with Gasteiger partial charge in [0.2, 0.25) is 11.8 Å². The van der Waals surface area contributed by atoms with Crippen LogP contribution >= 0.6 is 11.6 Å². The second kappa shape index (κ2) is 12.9. The van der Waals surface area contributed by atoms with E-state index >= 15 is 0 Å². The molecule has 8 nitrogen and oxygen atoms in total. The number of hydrogen-bond acceptors (Lipinski definition) is 4. The van der Waals surface area contributed by atoms with E-state index in [2.05, 4.69) is 10.4 Å². The summed E-state index contributed by atoms with van der Waals surface area (Å²) in [6.45, 7) is 1.15. The van der Waals surface area contributed by atoms with Gasteiger partial charge in [0.25, 0.3) is 5.75 Å². The highest BCUT2D eigenvalue weighted by molar-refractivity contribution is 6.30. The Bertz CT molecular complexity index is 1100. The van der Waals surface area contributed by atoms with Crippen LogP contribution in [0.2, 0.25) is 5.02 Å². The second-order valence-electron chi connectivity index (χ2n) is 8.32. The summed E-state index contributed by atoms with van der Waals surface area (Å²) in [6, 6.07) is 13.5. The van der Waals surface area contributed by atoms with Gasteiger partial charge >= 0.3 is 0 Å². The topological polar surface area (TPSA) is 99.4 Å². The van der Waals surface area contributed by atoms with Crippen LogP contribution in [0, 0.1) is 0 Å². The van der Waals surface area contributed by atoms with E-state index in [1.807, 2.05) is 24.3 Å². The van der Waals surface area contributed by atoms with Gasteiger partial charge in [0.05, 0.1) is 6.20 Å². The maximum atomic E-state index is 13.5. The molecule has 1 aromatic heterocycles. The largest absolute Gasteiger partial charge is 0.593 e. The summed E-state index contributed by atoms with van der Waals surface area (Å²) in [5.41, 5.74) is 2.52. The zero-order valence-corrected chi connectivity index (χ0v) is 20.8. The smallest absolute Gasteiger partial charge is 0.253 e. The van der Waals surface area contributed by atoms with E-state index in [9.17, 15) is 9.59 Å². The molecule has 3 rings (SSSR count). The lowest BCUT2D eigenvalue weighted by molar-refractivity contribution is -0.141. The van der Waals surface area contributed by atoms with E-state index in [-0.39, 0.29) is 18.2 Å². The Balaban J connectivity index is 1.80. The number of halogens is 1. The maximum absolute atomic E-state index is 13.5. The quantitative estimate of drug-likeness (QED) is 0.305. The third-order valence-electron chi connectivity index (χ3n) is 5.63. The third kappa shape index (κ3) is 7.83. The molecule has 0 fully saturated rings. The zero-order chi connectivity index (χ0) is 25.2. The van der Waals surface area contributed by atoms with E-state index in [0.717, 1.165) is 11.1 Å². The van der Waals surface area contributed by atoms with E-state index in [1.54, 1.807) is 60.4 Å². The highest BCUT2D eigenvalue weighted by Gasteiger charge is 2.32. The van der Waals surface area contributed by atoms with Crippen molar-refractivity contribution in [3.05, 3.63) is 82.6 Å². The normalized spacial score (nSPS) is 11.7. The van der Waals surface area contributed by atoms with Crippen molar-refractivity contribution in [1.82, 2.24) is 20.0 Å². The number of carbonyl (C=O) groups is 2. The number of amides is 2. The summed E-state index contributed by atoms with van der Waals surface area (Å²) in [6.07, 6.45) is 4.74. The first kappa shape index (κ1) is 26.2. The number of methoxy groups -OCH3 is 1. The molecule has 2 amide bonds. The number of hydrogen-bond donors (Lipinski definition) is 1. The summed E-state index contributed by atoms with van der Waals surface area (Å²) < 4.78 is 6.81. The fourth-order valence-electron chi connectivity index (χ4n) is 3.79. The van der Waals surface area contributed by atoms with Crippen molar-refractivity contribution in [2.75, 3.05) is 20.3 Å². The van der Waals surface area contributed by atoms with Gasteiger partial charge in [-0.2, -0.15) is 5.10 Å². The van der Waals surface area contributed by atoms with Crippen LogP contribution in [0.3, 0.4) is 0 Å². The Hall–Kier alpha value is -3.36. The number of benzene rings is 2. The number of ether oxygens (including phenoxy) is 1. The Morgan fingerprint density at radius 1 is 1.14 bits per heavy atom. The molecule has 2 aromatic carbocycles. The molecule has 0 aliphatic rings. The number of rotatable bonds is 12. The van der Waals surface area contributed by atoms with Gasteiger partial charge in [0.15, 0.2) is 0 Å². The van der Waals surface area contributed by atoms with Crippen molar-refractivity contribution in [2.45, 2.75) is 31.8 Å². The van der Waals surface area contributed by atoms with Gasteiger partial charge in [-0.15, -0.1) is 0 Å². The van der Waals surface area contributed by atoms with Gasteiger partial charge in [0.1, 0.15) is 6.04 Å². The average molecular weight is 500 g/mol. The van der Waals surface area contributed by atoms with Gasteiger partial charge in [-0.1, -0.05) is 23.7 Å². The molecule has 0 radical (unpaired) electrons. The van der Waals surface area contributed by atoms with Gasteiger partial charge in [-0.25, -0.2) is 0 Å². The molecule has 0 spiro atoms. The highest BCUT2D eigenvalue weighted by atomic mass is 35.5. The standard InChI is InChI=1S/C26H31ClN4O4/c1-30-18-21(17-29-30)25(26(34)28-16-20-4-9-22(27)10-5-20)31(14-3-15-35-2)24(33)13-8-19-6-11-23(32)12-7-19/h4-7,9-12,17-18,25,32H,3,8,13-16H2,1-2H3,(H,28,34)/p+1. The van der Waals surface area contributed by atoms with Gasteiger partial charge < -0.3 is 20.1 Å². The van der Waals surface area contributed by atoms with Gasteiger partial charge in [0, 0.05) is 69.2 Å². The number of carbonyl (C=O) groups excluding carboxylic acids is 2. The number of aromatic nitrogens is 2. The van der Waals surface area contributed by atoms with Crippen LogP contribution in [0.4, 0.5) is 0 Å². The number of nitrogens with one attached hydrogen (secondary N) is 1.